The molecule has 0 heterocycles. The fourth-order valence-electron chi connectivity index (χ4n) is 1.49. The number of carboxylic acids is 1. The molecule has 0 aliphatic carbocycles. The maximum Gasteiger partial charge on any atom is 0.304 e. The SMILES string of the molecule is CCNS(=O)(=O)c1ccccc1NS(=O)(=O)CCC(=O)O. The summed E-state index contributed by atoms with van der Waals surface area (Å²) in [4.78, 5) is 10.2. The third-order valence-corrected chi connectivity index (χ3v) is 5.24. The Morgan fingerprint density at radius 2 is 1.81 bits per heavy atom. The van der Waals surface area contributed by atoms with Crippen LogP contribution in [0.2, 0.25) is 0 Å². The average molecular weight is 336 g/mol. The van der Waals surface area contributed by atoms with Gasteiger partial charge in [-0.2, -0.15) is 0 Å². The fourth-order valence-corrected chi connectivity index (χ4v) is 3.82. The van der Waals surface area contributed by atoms with Gasteiger partial charge in [-0.3, -0.25) is 9.52 Å². The van der Waals surface area contributed by atoms with Crippen LogP contribution in [0.3, 0.4) is 0 Å². The lowest BCUT2D eigenvalue weighted by Crippen LogP contribution is -2.26. The molecule has 0 amide bonds. The lowest BCUT2D eigenvalue weighted by Gasteiger charge is -2.12. The first kappa shape index (κ1) is 17.4. The van der Waals surface area contributed by atoms with E-state index in [0.717, 1.165) is 0 Å². The van der Waals surface area contributed by atoms with Gasteiger partial charge in [-0.15, -0.1) is 0 Å². The van der Waals surface area contributed by atoms with Gasteiger partial charge in [0.25, 0.3) is 0 Å². The summed E-state index contributed by atoms with van der Waals surface area (Å²) in [6, 6.07) is 5.48. The molecule has 1 rings (SSSR count). The first-order valence-electron chi connectivity index (χ1n) is 5.99. The number of anilines is 1. The summed E-state index contributed by atoms with van der Waals surface area (Å²) in [5.74, 6) is -1.90. The van der Waals surface area contributed by atoms with Gasteiger partial charge in [-0.25, -0.2) is 21.6 Å². The van der Waals surface area contributed by atoms with Gasteiger partial charge in [0.2, 0.25) is 20.0 Å². The van der Waals surface area contributed by atoms with E-state index in [1.54, 1.807) is 6.92 Å². The van der Waals surface area contributed by atoms with Gasteiger partial charge >= 0.3 is 5.97 Å². The zero-order chi connectivity index (χ0) is 16.1. The molecule has 0 aliphatic heterocycles. The second-order valence-corrected chi connectivity index (χ2v) is 7.64. The minimum Gasteiger partial charge on any atom is -0.481 e. The van der Waals surface area contributed by atoms with Crippen LogP contribution in [0.5, 0.6) is 0 Å². The quantitative estimate of drug-likeness (QED) is 0.622. The van der Waals surface area contributed by atoms with Crippen molar-refractivity contribution in [3.05, 3.63) is 24.3 Å². The lowest BCUT2D eigenvalue weighted by molar-refractivity contribution is -0.136. The monoisotopic (exact) mass is 336 g/mol. The summed E-state index contributed by atoms with van der Waals surface area (Å²) in [7, 11) is -7.79. The minimum absolute atomic E-state index is 0.121. The summed E-state index contributed by atoms with van der Waals surface area (Å²) < 4.78 is 51.8. The van der Waals surface area contributed by atoms with E-state index in [-0.39, 0.29) is 17.1 Å². The highest BCUT2D eigenvalue weighted by Crippen LogP contribution is 2.21. The summed E-state index contributed by atoms with van der Waals surface area (Å²) in [6.07, 6.45) is -0.572. The van der Waals surface area contributed by atoms with Crippen molar-refractivity contribution in [1.29, 1.82) is 0 Å². The van der Waals surface area contributed by atoms with E-state index in [1.165, 1.54) is 24.3 Å². The second kappa shape index (κ2) is 6.87. The predicted octanol–water partition coefficient (Wildman–Crippen LogP) is 0.201. The molecule has 1 aromatic rings. The lowest BCUT2D eigenvalue weighted by atomic mass is 10.3. The molecule has 0 atom stereocenters. The van der Waals surface area contributed by atoms with Crippen molar-refractivity contribution < 1.29 is 26.7 Å². The molecule has 8 nitrogen and oxygen atoms in total. The first-order chi connectivity index (χ1) is 9.68. The number of rotatable bonds is 8. The minimum atomic E-state index is -3.95. The standard InChI is InChI=1S/C11H16N2O6S2/c1-2-12-21(18,19)10-6-4-3-5-9(10)13-20(16,17)8-7-11(14)15/h3-6,12-13H,2,7-8H2,1H3,(H,14,15). The van der Waals surface area contributed by atoms with Crippen LogP contribution in [-0.4, -0.2) is 40.2 Å². The number of hydrogen-bond donors (Lipinski definition) is 3. The average Bonchev–Trinajstić information content (AvgIpc) is 2.36. The topological polar surface area (TPSA) is 130 Å². The predicted molar refractivity (Wildman–Crippen MR) is 77.0 cm³/mol. The van der Waals surface area contributed by atoms with Crippen molar-refractivity contribution in [2.24, 2.45) is 0 Å². The van der Waals surface area contributed by atoms with Crippen LogP contribution < -0.4 is 9.44 Å². The molecule has 0 saturated heterocycles. The van der Waals surface area contributed by atoms with Crippen molar-refractivity contribution in [2.45, 2.75) is 18.2 Å². The Morgan fingerprint density at radius 3 is 2.38 bits per heavy atom. The molecule has 10 heteroatoms. The van der Waals surface area contributed by atoms with Gasteiger partial charge in [0.15, 0.2) is 0 Å². The van der Waals surface area contributed by atoms with Gasteiger partial charge < -0.3 is 5.11 Å². The number of nitrogens with one attached hydrogen (secondary N) is 2. The number of carbonyl (C=O) groups is 1. The number of hydrogen-bond acceptors (Lipinski definition) is 5. The molecule has 0 bridgehead atoms. The van der Waals surface area contributed by atoms with Crippen LogP contribution in [0.25, 0.3) is 0 Å². The molecule has 21 heavy (non-hydrogen) atoms. The summed E-state index contributed by atoms with van der Waals surface area (Å²) in [5.41, 5.74) is -0.121. The van der Waals surface area contributed by atoms with Crippen molar-refractivity contribution in [2.75, 3.05) is 17.0 Å². The molecule has 0 saturated carbocycles. The molecule has 3 N–H and O–H groups in total. The Bertz CT molecular complexity index is 712. The van der Waals surface area contributed by atoms with Crippen molar-refractivity contribution in [3.8, 4) is 0 Å². The number of aliphatic carboxylic acids is 1. The third kappa shape index (κ3) is 5.33. The Hall–Kier alpha value is -1.65. The Kier molecular flexibility index (Phi) is 5.70. The summed E-state index contributed by atoms with van der Waals surface area (Å²) >= 11 is 0. The van der Waals surface area contributed by atoms with Crippen molar-refractivity contribution >= 4 is 31.7 Å². The van der Waals surface area contributed by atoms with Gasteiger partial charge in [-0.1, -0.05) is 19.1 Å². The molecule has 1 aromatic carbocycles. The van der Waals surface area contributed by atoms with Crippen LogP contribution in [-0.2, 0) is 24.8 Å². The summed E-state index contributed by atoms with van der Waals surface area (Å²) in [6.45, 7) is 1.75. The van der Waals surface area contributed by atoms with Crippen LogP contribution in [0, 0.1) is 0 Å². The largest absolute Gasteiger partial charge is 0.481 e. The first-order valence-corrected chi connectivity index (χ1v) is 9.12. The van der Waals surface area contributed by atoms with E-state index in [4.69, 9.17) is 5.11 Å². The van der Waals surface area contributed by atoms with E-state index in [2.05, 4.69) is 9.44 Å². The van der Waals surface area contributed by atoms with Gasteiger partial charge in [0, 0.05) is 6.54 Å². The van der Waals surface area contributed by atoms with Gasteiger partial charge in [0.1, 0.15) is 4.90 Å². The highest BCUT2D eigenvalue weighted by atomic mass is 32.2. The third-order valence-electron chi connectivity index (χ3n) is 2.36. The van der Waals surface area contributed by atoms with E-state index in [1.807, 2.05) is 0 Å². The van der Waals surface area contributed by atoms with Gasteiger partial charge in [-0.05, 0) is 12.1 Å². The van der Waals surface area contributed by atoms with Gasteiger partial charge in [0.05, 0.1) is 17.9 Å². The molecule has 118 valence electrons. The van der Waals surface area contributed by atoms with Crippen LogP contribution >= 0.6 is 0 Å². The Morgan fingerprint density at radius 1 is 1.19 bits per heavy atom. The zero-order valence-electron chi connectivity index (χ0n) is 11.2. The van der Waals surface area contributed by atoms with E-state index < -0.39 is 38.2 Å². The van der Waals surface area contributed by atoms with E-state index >= 15 is 0 Å². The Labute approximate surface area is 123 Å². The van der Waals surface area contributed by atoms with Crippen LogP contribution in [0.1, 0.15) is 13.3 Å². The molecule has 0 unspecified atom stereocenters. The molecule has 0 aliphatic rings. The van der Waals surface area contributed by atoms with E-state index in [0.29, 0.717) is 0 Å². The fraction of sp³-hybridized carbons (Fsp3) is 0.364. The van der Waals surface area contributed by atoms with E-state index in [9.17, 15) is 21.6 Å². The molecular weight excluding hydrogens is 320 g/mol. The molecule has 0 spiro atoms. The number of sulfonamides is 2. The maximum absolute atomic E-state index is 12.0. The van der Waals surface area contributed by atoms with Crippen LogP contribution in [0.15, 0.2) is 29.2 Å². The molecule has 0 aromatic heterocycles. The second-order valence-electron chi connectivity index (χ2n) is 4.06. The molecule has 0 radical (unpaired) electrons. The molecule has 0 fully saturated rings. The molecular formula is C11H16N2O6S2. The Balaban J connectivity index is 3.08. The van der Waals surface area contributed by atoms with Crippen LogP contribution in [0.4, 0.5) is 5.69 Å². The number of benzene rings is 1. The highest BCUT2D eigenvalue weighted by Gasteiger charge is 2.21. The van der Waals surface area contributed by atoms with Crippen molar-refractivity contribution in [3.63, 3.8) is 0 Å². The maximum atomic E-state index is 12.0. The smallest absolute Gasteiger partial charge is 0.304 e. The summed E-state index contributed by atoms with van der Waals surface area (Å²) in [5, 5.41) is 8.50. The zero-order valence-corrected chi connectivity index (χ0v) is 12.9. The van der Waals surface area contributed by atoms with Crippen molar-refractivity contribution in [1.82, 2.24) is 4.72 Å². The number of carboxylic acid groups (broad SMARTS) is 1. The normalized spacial score (nSPS) is 12.0. The number of para-hydroxylation sites is 1. The highest BCUT2D eigenvalue weighted by molar-refractivity contribution is 7.93.